The molecule has 0 saturated carbocycles. The third-order valence-corrected chi connectivity index (χ3v) is 2.06. The smallest absolute Gasteiger partial charge is 0.435 e. The Balaban J connectivity index is 2.79. The van der Waals surface area contributed by atoms with Gasteiger partial charge in [0.15, 0.2) is 5.49 Å². The van der Waals surface area contributed by atoms with E-state index in [2.05, 4.69) is 4.99 Å². The van der Waals surface area contributed by atoms with Gasteiger partial charge in [0.1, 0.15) is 0 Å². The molecular weight excluding hydrogens is 208 g/mol. The summed E-state index contributed by atoms with van der Waals surface area (Å²) in [5, 5.41) is 9.43. The van der Waals surface area contributed by atoms with E-state index in [1.165, 1.54) is 6.20 Å². The summed E-state index contributed by atoms with van der Waals surface area (Å²) in [6.45, 7) is 4.12. The number of rotatable bonds is 3. The van der Waals surface area contributed by atoms with Crippen molar-refractivity contribution in [3.05, 3.63) is 29.4 Å². The van der Waals surface area contributed by atoms with Crippen molar-refractivity contribution in [2.45, 2.75) is 26.7 Å². The first kappa shape index (κ1) is 12.3. The van der Waals surface area contributed by atoms with Gasteiger partial charge in [-0.15, -0.1) is 0 Å². The Kier molecular flexibility index (Phi) is 4.57. The zero-order chi connectivity index (χ0) is 12.0. The standard InChI is InChI=1S/C11H16N2O3/c1-3-4-8-16-11(14)12-10-9(2)6-5-7-13(10)15/h5-7,15H,3-4,8H2,1-2H3. The Hall–Kier alpha value is -1.78. The molecule has 5 heteroatoms. The third-order valence-electron chi connectivity index (χ3n) is 2.06. The summed E-state index contributed by atoms with van der Waals surface area (Å²) < 4.78 is 5.67. The van der Waals surface area contributed by atoms with Crippen LogP contribution in [-0.4, -0.2) is 22.6 Å². The molecule has 16 heavy (non-hydrogen) atoms. The van der Waals surface area contributed by atoms with Crippen LogP contribution in [0.25, 0.3) is 0 Å². The second-order valence-electron chi connectivity index (χ2n) is 3.44. The lowest BCUT2D eigenvalue weighted by atomic mass is 10.3. The lowest BCUT2D eigenvalue weighted by Crippen LogP contribution is -2.23. The quantitative estimate of drug-likeness (QED) is 0.629. The molecule has 0 atom stereocenters. The van der Waals surface area contributed by atoms with Crippen LogP contribution in [0.15, 0.2) is 23.3 Å². The molecular formula is C11H16N2O3. The number of aromatic nitrogens is 1. The van der Waals surface area contributed by atoms with Crippen molar-refractivity contribution < 1.29 is 14.7 Å². The van der Waals surface area contributed by atoms with Crippen LogP contribution in [0.2, 0.25) is 0 Å². The third kappa shape index (κ3) is 3.42. The molecule has 1 rings (SSSR count). The first-order valence-electron chi connectivity index (χ1n) is 5.24. The molecule has 0 spiro atoms. The number of hydrogen-bond donors (Lipinski definition) is 1. The number of pyridine rings is 1. The van der Waals surface area contributed by atoms with E-state index in [1.54, 1.807) is 19.1 Å². The van der Waals surface area contributed by atoms with Gasteiger partial charge < -0.3 is 9.94 Å². The summed E-state index contributed by atoms with van der Waals surface area (Å²) in [7, 11) is 0. The van der Waals surface area contributed by atoms with Crippen molar-refractivity contribution in [1.82, 2.24) is 4.73 Å². The minimum absolute atomic E-state index is 0.198. The molecule has 0 fully saturated rings. The van der Waals surface area contributed by atoms with Crippen LogP contribution < -0.4 is 5.49 Å². The summed E-state index contributed by atoms with van der Waals surface area (Å²) >= 11 is 0. The molecule has 1 aromatic rings. The number of carbonyl (C=O) groups excluding carboxylic acids is 1. The summed E-state index contributed by atoms with van der Waals surface area (Å²) in [5.41, 5.74) is 0.904. The fraction of sp³-hybridized carbons (Fsp3) is 0.455. The molecule has 0 saturated heterocycles. The first-order chi connectivity index (χ1) is 7.65. The SMILES string of the molecule is CCCCOC(=O)N=c1c(C)cccn1O. The fourth-order valence-corrected chi connectivity index (χ4v) is 1.16. The summed E-state index contributed by atoms with van der Waals surface area (Å²) in [6, 6.07) is 3.42. The van der Waals surface area contributed by atoms with Gasteiger partial charge in [-0.25, -0.2) is 4.79 Å². The first-order valence-corrected chi connectivity index (χ1v) is 5.24. The van der Waals surface area contributed by atoms with Crippen molar-refractivity contribution in [2.24, 2.45) is 4.99 Å². The number of unbranched alkanes of at least 4 members (excludes halogenated alkanes) is 1. The summed E-state index contributed by atoms with van der Waals surface area (Å²) in [4.78, 5) is 15.0. The minimum atomic E-state index is -0.675. The molecule has 0 aliphatic rings. The van der Waals surface area contributed by atoms with Crippen LogP contribution in [0.1, 0.15) is 25.3 Å². The van der Waals surface area contributed by atoms with Gasteiger partial charge in [0.2, 0.25) is 0 Å². The van der Waals surface area contributed by atoms with Gasteiger partial charge >= 0.3 is 6.09 Å². The normalized spacial score (nSPS) is 11.5. The number of aryl methyl sites for hydroxylation is 1. The molecule has 0 aliphatic carbocycles. The van der Waals surface area contributed by atoms with Crippen LogP contribution in [0.5, 0.6) is 0 Å². The second kappa shape index (κ2) is 5.95. The van der Waals surface area contributed by atoms with Crippen molar-refractivity contribution in [1.29, 1.82) is 0 Å². The van der Waals surface area contributed by atoms with E-state index in [0.717, 1.165) is 17.6 Å². The molecule has 1 heterocycles. The van der Waals surface area contributed by atoms with E-state index >= 15 is 0 Å². The molecule has 1 amide bonds. The Morgan fingerprint density at radius 3 is 3.00 bits per heavy atom. The molecule has 0 bridgehead atoms. The van der Waals surface area contributed by atoms with Gasteiger partial charge in [-0.2, -0.15) is 9.72 Å². The maximum absolute atomic E-state index is 11.3. The maximum atomic E-state index is 11.3. The highest BCUT2D eigenvalue weighted by atomic mass is 16.5. The maximum Gasteiger partial charge on any atom is 0.435 e. The molecule has 0 radical (unpaired) electrons. The Morgan fingerprint density at radius 2 is 2.38 bits per heavy atom. The van der Waals surface area contributed by atoms with Crippen LogP contribution in [0.3, 0.4) is 0 Å². The average molecular weight is 224 g/mol. The highest BCUT2D eigenvalue weighted by Crippen LogP contribution is 1.92. The predicted octanol–water partition coefficient (Wildman–Crippen LogP) is 1.87. The summed E-state index contributed by atoms with van der Waals surface area (Å²) in [6.07, 6.45) is 2.50. The molecule has 1 N–H and O–H groups in total. The number of amides is 1. The molecule has 88 valence electrons. The number of carbonyl (C=O) groups is 1. The molecule has 0 unspecified atom stereocenters. The van der Waals surface area contributed by atoms with E-state index in [4.69, 9.17) is 4.74 Å². The highest BCUT2D eigenvalue weighted by Gasteiger charge is 2.01. The lowest BCUT2D eigenvalue weighted by molar-refractivity contribution is 0.147. The average Bonchev–Trinajstić information content (AvgIpc) is 2.24. The fourth-order valence-electron chi connectivity index (χ4n) is 1.16. The van der Waals surface area contributed by atoms with Gasteiger partial charge in [0.05, 0.1) is 6.61 Å². The Bertz CT molecular complexity index is 400. The molecule has 1 aromatic heterocycles. The van der Waals surface area contributed by atoms with E-state index in [1.807, 2.05) is 6.92 Å². The monoisotopic (exact) mass is 224 g/mol. The van der Waals surface area contributed by atoms with Gasteiger partial charge in [-0.3, -0.25) is 0 Å². The number of hydrogen-bond acceptors (Lipinski definition) is 3. The molecule has 5 nitrogen and oxygen atoms in total. The van der Waals surface area contributed by atoms with Gasteiger partial charge in [-0.1, -0.05) is 19.4 Å². The largest absolute Gasteiger partial charge is 0.448 e. The highest BCUT2D eigenvalue weighted by molar-refractivity contribution is 5.68. The van der Waals surface area contributed by atoms with Crippen LogP contribution >= 0.6 is 0 Å². The zero-order valence-corrected chi connectivity index (χ0v) is 9.51. The number of ether oxygens (including phenoxy) is 1. The van der Waals surface area contributed by atoms with Crippen molar-refractivity contribution in [3.8, 4) is 0 Å². The Labute approximate surface area is 94.0 Å². The van der Waals surface area contributed by atoms with Crippen LogP contribution in [-0.2, 0) is 4.74 Å². The lowest BCUT2D eigenvalue weighted by Gasteiger charge is -2.01. The number of nitrogens with zero attached hydrogens (tertiary/aromatic N) is 2. The van der Waals surface area contributed by atoms with E-state index in [9.17, 15) is 10.0 Å². The van der Waals surface area contributed by atoms with Crippen molar-refractivity contribution in [2.75, 3.05) is 6.61 Å². The molecule has 0 aliphatic heterocycles. The summed E-state index contributed by atoms with van der Waals surface area (Å²) in [5.74, 6) is 0. The second-order valence-corrected chi connectivity index (χ2v) is 3.44. The van der Waals surface area contributed by atoms with E-state index < -0.39 is 6.09 Å². The van der Waals surface area contributed by atoms with E-state index in [0.29, 0.717) is 12.2 Å². The van der Waals surface area contributed by atoms with Crippen LogP contribution in [0.4, 0.5) is 4.79 Å². The van der Waals surface area contributed by atoms with E-state index in [-0.39, 0.29) is 5.49 Å². The van der Waals surface area contributed by atoms with Gasteiger partial charge in [0.25, 0.3) is 0 Å². The van der Waals surface area contributed by atoms with Crippen LogP contribution in [0, 0.1) is 6.92 Å². The zero-order valence-electron chi connectivity index (χ0n) is 9.51. The van der Waals surface area contributed by atoms with Crippen molar-refractivity contribution >= 4 is 6.09 Å². The van der Waals surface area contributed by atoms with Crippen molar-refractivity contribution in [3.63, 3.8) is 0 Å². The van der Waals surface area contributed by atoms with Gasteiger partial charge in [-0.05, 0) is 25.0 Å². The predicted molar refractivity (Wildman–Crippen MR) is 58.2 cm³/mol. The topological polar surface area (TPSA) is 63.8 Å². The van der Waals surface area contributed by atoms with Gasteiger partial charge in [0, 0.05) is 6.20 Å². The molecule has 0 aromatic carbocycles. The minimum Gasteiger partial charge on any atom is -0.448 e. The Morgan fingerprint density at radius 1 is 1.62 bits per heavy atom.